The number of benzene rings is 1. The van der Waals surface area contributed by atoms with Crippen LogP contribution in [0.15, 0.2) is 0 Å². The fraction of sp³-hybridized carbons (Fsp3) is 0.200. The molecule has 1 rings (SSSR count). The molecular formula is C10H4F4N2. The van der Waals surface area contributed by atoms with E-state index in [-0.39, 0.29) is 0 Å². The van der Waals surface area contributed by atoms with Crippen molar-refractivity contribution in [2.75, 3.05) is 0 Å². The van der Waals surface area contributed by atoms with Crippen molar-refractivity contribution in [3.8, 4) is 12.1 Å². The van der Waals surface area contributed by atoms with Crippen LogP contribution in [-0.4, -0.2) is 0 Å². The van der Waals surface area contributed by atoms with Crippen molar-refractivity contribution in [2.24, 2.45) is 0 Å². The Morgan fingerprint density at radius 2 is 0.938 bits per heavy atom. The van der Waals surface area contributed by atoms with Gasteiger partial charge in [-0.3, -0.25) is 0 Å². The molecule has 0 unspecified atom stereocenters. The third kappa shape index (κ3) is 1.82. The predicted molar refractivity (Wildman–Crippen MR) is 44.9 cm³/mol. The lowest BCUT2D eigenvalue weighted by atomic mass is 10.0. The summed E-state index contributed by atoms with van der Waals surface area (Å²) in [5.74, 6) is -6.48. The monoisotopic (exact) mass is 228 g/mol. The Hall–Kier alpha value is -2.08. The highest BCUT2D eigenvalue weighted by molar-refractivity contribution is 5.32. The Bertz CT molecular complexity index is 435. The van der Waals surface area contributed by atoms with Crippen LogP contribution in [0.2, 0.25) is 0 Å². The van der Waals surface area contributed by atoms with Crippen LogP contribution in [0.1, 0.15) is 11.1 Å². The summed E-state index contributed by atoms with van der Waals surface area (Å²) in [6.45, 7) is 0. The van der Waals surface area contributed by atoms with Gasteiger partial charge >= 0.3 is 0 Å². The van der Waals surface area contributed by atoms with Crippen LogP contribution in [0.25, 0.3) is 0 Å². The number of nitriles is 2. The van der Waals surface area contributed by atoms with Crippen LogP contribution in [-0.2, 0) is 12.8 Å². The minimum absolute atomic E-state index is 0.779. The number of hydrogen-bond donors (Lipinski definition) is 0. The second kappa shape index (κ2) is 4.63. The molecule has 0 amide bonds. The van der Waals surface area contributed by atoms with Gasteiger partial charge < -0.3 is 0 Å². The topological polar surface area (TPSA) is 47.6 Å². The van der Waals surface area contributed by atoms with Gasteiger partial charge in [-0.25, -0.2) is 17.6 Å². The van der Waals surface area contributed by atoms with E-state index in [2.05, 4.69) is 0 Å². The first-order valence-electron chi connectivity index (χ1n) is 4.12. The van der Waals surface area contributed by atoms with Crippen LogP contribution in [0.5, 0.6) is 0 Å². The van der Waals surface area contributed by atoms with Crippen molar-refractivity contribution < 1.29 is 17.6 Å². The zero-order valence-corrected chi connectivity index (χ0v) is 7.82. The summed E-state index contributed by atoms with van der Waals surface area (Å²) in [5, 5.41) is 16.5. The summed E-state index contributed by atoms with van der Waals surface area (Å²) in [6.07, 6.45) is -1.56. The van der Waals surface area contributed by atoms with Gasteiger partial charge in [0.05, 0.1) is 25.0 Å². The zero-order chi connectivity index (χ0) is 12.3. The quantitative estimate of drug-likeness (QED) is 0.576. The maximum Gasteiger partial charge on any atom is 0.166 e. The molecule has 0 aliphatic rings. The van der Waals surface area contributed by atoms with E-state index < -0.39 is 47.2 Å². The van der Waals surface area contributed by atoms with Crippen LogP contribution >= 0.6 is 0 Å². The van der Waals surface area contributed by atoms with Gasteiger partial charge in [0, 0.05) is 11.1 Å². The molecule has 0 radical (unpaired) electrons. The molecule has 6 heteroatoms. The first-order chi connectivity index (χ1) is 7.54. The maximum absolute atomic E-state index is 13.2. The van der Waals surface area contributed by atoms with Crippen molar-refractivity contribution in [1.82, 2.24) is 0 Å². The lowest BCUT2D eigenvalue weighted by molar-refractivity contribution is 0.432. The van der Waals surface area contributed by atoms with Gasteiger partial charge in [0.25, 0.3) is 0 Å². The van der Waals surface area contributed by atoms with Gasteiger partial charge in [0.2, 0.25) is 0 Å². The Balaban J connectivity index is 3.52. The largest absolute Gasteiger partial charge is 0.203 e. The van der Waals surface area contributed by atoms with Crippen molar-refractivity contribution in [3.05, 3.63) is 34.4 Å². The Morgan fingerprint density at radius 3 is 1.12 bits per heavy atom. The lowest BCUT2D eigenvalue weighted by Crippen LogP contribution is -2.08. The Morgan fingerprint density at radius 1 is 0.688 bits per heavy atom. The molecule has 0 spiro atoms. The van der Waals surface area contributed by atoms with E-state index >= 15 is 0 Å². The zero-order valence-electron chi connectivity index (χ0n) is 7.82. The molecule has 1 aromatic rings. The van der Waals surface area contributed by atoms with Crippen molar-refractivity contribution in [1.29, 1.82) is 10.5 Å². The summed E-state index contributed by atoms with van der Waals surface area (Å²) < 4.78 is 52.7. The van der Waals surface area contributed by atoms with Crippen molar-refractivity contribution >= 4 is 0 Å². The first kappa shape index (κ1) is 12.0. The molecule has 0 saturated heterocycles. The minimum Gasteiger partial charge on any atom is -0.203 e. The standard InChI is InChI=1S/C10H4F4N2/c11-7-5(1-3-15)8(12)10(14)6(2-4-16)9(7)13/h1-2H2. The molecule has 0 saturated carbocycles. The van der Waals surface area contributed by atoms with Gasteiger partial charge in [-0.05, 0) is 0 Å². The molecule has 0 aliphatic carbocycles. The van der Waals surface area contributed by atoms with E-state index in [0.29, 0.717) is 0 Å². The van der Waals surface area contributed by atoms with E-state index in [9.17, 15) is 17.6 Å². The number of rotatable bonds is 2. The average Bonchev–Trinajstić information content (AvgIpc) is 2.28. The predicted octanol–water partition coefficient (Wildman–Crippen LogP) is 2.38. The summed E-state index contributed by atoms with van der Waals surface area (Å²) in [4.78, 5) is 0. The molecule has 0 N–H and O–H groups in total. The third-order valence-electron chi connectivity index (χ3n) is 1.96. The summed E-state index contributed by atoms with van der Waals surface area (Å²) in [7, 11) is 0. The third-order valence-corrected chi connectivity index (χ3v) is 1.96. The van der Waals surface area contributed by atoms with E-state index in [4.69, 9.17) is 10.5 Å². The van der Waals surface area contributed by atoms with Gasteiger partial charge in [-0.15, -0.1) is 0 Å². The highest BCUT2D eigenvalue weighted by atomic mass is 19.2. The van der Waals surface area contributed by atoms with Crippen LogP contribution in [0.3, 0.4) is 0 Å². The van der Waals surface area contributed by atoms with Gasteiger partial charge in [-0.1, -0.05) is 0 Å². The molecule has 0 aromatic heterocycles. The maximum atomic E-state index is 13.2. The van der Waals surface area contributed by atoms with Gasteiger partial charge in [0.1, 0.15) is 0 Å². The molecule has 82 valence electrons. The molecule has 16 heavy (non-hydrogen) atoms. The molecule has 0 atom stereocenters. The molecule has 0 fully saturated rings. The first-order valence-corrected chi connectivity index (χ1v) is 4.12. The highest BCUT2D eigenvalue weighted by Gasteiger charge is 2.24. The number of halogens is 4. The Labute approximate surface area is 88.3 Å². The fourth-order valence-electron chi connectivity index (χ4n) is 1.19. The number of nitrogens with zero attached hydrogens (tertiary/aromatic N) is 2. The van der Waals surface area contributed by atoms with Crippen LogP contribution in [0.4, 0.5) is 17.6 Å². The smallest absolute Gasteiger partial charge is 0.166 e. The molecule has 1 aromatic carbocycles. The van der Waals surface area contributed by atoms with Crippen molar-refractivity contribution in [3.63, 3.8) is 0 Å². The molecule has 0 heterocycles. The highest BCUT2D eigenvalue weighted by Crippen LogP contribution is 2.24. The van der Waals surface area contributed by atoms with Crippen LogP contribution in [0, 0.1) is 45.9 Å². The summed E-state index contributed by atoms with van der Waals surface area (Å²) in [5.41, 5.74) is -1.92. The van der Waals surface area contributed by atoms with Gasteiger partial charge in [-0.2, -0.15) is 10.5 Å². The normalized spacial score (nSPS) is 9.62. The van der Waals surface area contributed by atoms with Crippen molar-refractivity contribution in [2.45, 2.75) is 12.8 Å². The van der Waals surface area contributed by atoms with Crippen LogP contribution < -0.4 is 0 Å². The average molecular weight is 228 g/mol. The van der Waals surface area contributed by atoms with E-state index in [1.54, 1.807) is 0 Å². The summed E-state index contributed by atoms with van der Waals surface area (Å²) >= 11 is 0. The van der Waals surface area contributed by atoms with Gasteiger partial charge in [0.15, 0.2) is 23.3 Å². The van der Waals surface area contributed by atoms with E-state index in [0.717, 1.165) is 0 Å². The summed E-state index contributed by atoms with van der Waals surface area (Å²) in [6, 6.07) is 2.79. The molecule has 2 nitrogen and oxygen atoms in total. The fourth-order valence-corrected chi connectivity index (χ4v) is 1.19. The van der Waals surface area contributed by atoms with E-state index in [1.165, 1.54) is 12.1 Å². The molecule has 0 aliphatic heterocycles. The SMILES string of the molecule is N#CCc1c(F)c(F)c(CC#N)c(F)c1F. The Kier molecular flexibility index (Phi) is 3.47. The second-order valence-corrected chi connectivity index (χ2v) is 2.88. The van der Waals surface area contributed by atoms with E-state index in [1.807, 2.05) is 0 Å². The molecule has 0 bridgehead atoms. The lowest BCUT2D eigenvalue weighted by Gasteiger charge is -2.07. The molecular weight excluding hydrogens is 224 g/mol. The second-order valence-electron chi connectivity index (χ2n) is 2.88. The number of hydrogen-bond acceptors (Lipinski definition) is 2. The minimum atomic E-state index is -1.62.